The third-order valence-corrected chi connectivity index (χ3v) is 10.5. The van der Waals surface area contributed by atoms with E-state index in [0.29, 0.717) is 35.4 Å². The van der Waals surface area contributed by atoms with Gasteiger partial charge in [-0.25, -0.2) is 0 Å². The molecule has 1 aromatic carbocycles. The number of rotatable bonds is 2. The number of aliphatic hydroxyl groups is 1. The number of anilines is 1. The van der Waals surface area contributed by atoms with Crippen LogP contribution in [-0.2, 0) is 4.79 Å². The molecule has 1 heterocycles. The number of terminal acetylenes is 1. The first-order valence-corrected chi connectivity index (χ1v) is 14.8. The van der Waals surface area contributed by atoms with Gasteiger partial charge in [-0.1, -0.05) is 24.6 Å². The average molecular weight is 502 g/mol. The first kappa shape index (κ1) is 26.6. The summed E-state index contributed by atoms with van der Waals surface area (Å²) >= 11 is 0. The van der Waals surface area contributed by atoms with E-state index in [-0.39, 0.29) is 16.9 Å². The van der Waals surface area contributed by atoms with Crippen molar-refractivity contribution in [2.45, 2.75) is 97.5 Å². The highest BCUT2D eigenvalue weighted by Crippen LogP contribution is 2.65. The second-order valence-corrected chi connectivity index (χ2v) is 13.8. The Bertz CT molecular complexity index is 1050. The molecular weight excluding hydrogens is 454 g/mol. The number of ketones is 1. The molecule has 7 atom stereocenters. The van der Waals surface area contributed by atoms with Gasteiger partial charge in [-0.3, -0.25) is 4.79 Å². The minimum absolute atomic E-state index is 0.0468. The molecule has 4 fully saturated rings. The Morgan fingerprint density at radius 3 is 2.32 bits per heavy atom. The summed E-state index contributed by atoms with van der Waals surface area (Å²) in [5.41, 5.74) is 4.39. The van der Waals surface area contributed by atoms with Crippen LogP contribution in [0.4, 0.5) is 5.69 Å². The second kappa shape index (κ2) is 10.3. The van der Waals surface area contributed by atoms with Gasteiger partial charge in [-0.05, 0) is 131 Å². The van der Waals surface area contributed by atoms with Crippen LogP contribution in [0, 0.1) is 46.8 Å². The Morgan fingerprint density at radius 2 is 1.68 bits per heavy atom. The number of allylic oxidation sites excluding steroid dienone is 1. The molecule has 3 heteroatoms. The van der Waals surface area contributed by atoms with Gasteiger partial charge in [-0.15, -0.1) is 12.3 Å². The fourth-order valence-corrected chi connectivity index (χ4v) is 8.53. The zero-order valence-corrected chi connectivity index (χ0v) is 23.5. The Hall–Kier alpha value is -2.05. The SMILES string of the molecule is C#CC(C)(C)C.CC12CC(c3ccc(N4CCCC4)cc3)C3C4CCC(=O)C=C4CCC3C1CCC2O. The third-order valence-electron chi connectivity index (χ3n) is 10.5. The fraction of sp³-hybridized carbons (Fsp3) is 0.676. The summed E-state index contributed by atoms with van der Waals surface area (Å²) in [4.78, 5) is 14.7. The van der Waals surface area contributed by atoms with E-state index in [0.717, 1.165) is 32.1 Å². The van der Waals surface area contributed by atoms with Crippen molar-refractivity contribution in [2.24, 2.45) is 34.5 Å². The highest BCUT2D eigenvalue weighted by Gasteiger charge is 2.59. The van der Waals surface area contributed by atoms with Crippen LogP contribution in [-0.4, -0.2) is 30.1 Å². The Labute approximate surface area is 225 Å². The summed E-state index contributed by atoms with van der Waals surface area (Å²) in [5, 5.41) is 11.0. The van der Waals surface area contributed by atoms with E-state index in [9.17, 15) is 9.90 Å². The topological polar surface area (TPSA) is 40.5 Å². The van der Waals surface area contributed by atoms with E-state index in [4.69, 9.17) is 6.42 Å². The van der Waals surface area contributed by atoms with E-state index < -0.39 is 0 Å². The van der Waals surface area contributed by atoms with Crippen molar-refractivity contribution in [1.29, 1.82) is 0 Å². The Morgan fingerprint density at radius 1 is 1.00 bits per heavy atom. The maximum atomic E-state index is 12.2. The summed E-state index contributed by atoms with van der Waals surface area (Å²) in [6, 6.07) is 9.48. The minimum Gasteiger partial charge on any atom is -0.393 e. The van der Waals surface area contributed by atoms with E-state index in [1.807, 2.05) is 26.8 Å². The average Bonchev–Trinajstić information content (AvgIpc) is 3.52. The van der Waals surface area contributed by atoms with Crippen LogP contribution in [0.3, 0.4) is 0 Å². The van der Waals surface area contributed by atoms with E-state index in [1.54, 1.807) is 0 Å². The lowest BCUT2D eigenvalue weighted by Crippen LogP contribution is -2.50. The van der Waals surface area contributed by atoms with Crippen LogP contribution in [0.2, 0.25) is 0 Å². The molecule has 1 saturated heterocycles. The van der Waals surface area contributed by atoms with Crippen LogP contribution in [0.1, 0.15) is 97.0 Å². The second-order valence-electron chi connectivity index (χ2n) is 13.8. The van der Waals surface area contributed by atoms with Crippen LogP contribution in [0.15, 0.2) is 35.9 Å². The summed E-state index contributed by atoms with van der Waals surface area (Å²) in [6.07, 6.45) is 16.8. The van der Waals surface area contributed by atoms with E-state index in [2.05, 4.69) is 42.0 Å². The van der Waals surface area contributed by atoms with Gasteiger partial charge in [0.25, 0.3) is 0 Å². The molecule has 4 aliphatic carbocycles. The number of carbonyl (C=O) groups is 1. The van der Waals surface area contributed by atoms with Gasteiger partial charge in [-0.2, -0.15) is 0 Å². The number of hydrogen-bond donors (Lipinski definition) is 1. The quantitative estimate of drug-likeness (QED) is 0.438. The molecule has 200 valence electrons. The number of benzene rings is 1. The zero-order valence-electron chi connectivity index (χ0n) is 23.5. The van der Waals surface area contributed by atoms with Crippen LogP contribution in [0.5, 0.6) is 0 Å². The highest BCUT2D eigenvalue weighted by molar-refractivity contribution is 5.91. The first-order chi connectivity index (χ1) is 17.6. The molecule has 7 unspecified atom stereocenters. The minimum atomic E-state index is -0.158. The number of hydrogen-bond acceptors (Lipinski definition) is 3. The molecule has 1 N–H and O–H groups in total. The number of aliphatic hydroxyl groups excluding tert-OH is 1. The first-order valence-electron chi connectivity index (χ1n) is 14.8. The van der Waals surface area contributed by atoms with Crippen LogP contribution in [0.25, 0.3) is 0 Å². The number of carbonyl (C=O) groups excluding carboxylic acids is 1. The Balaban J connectivity index is 0.000000421. The molecule has 3 saturated carbocycles. The zero-order chi connectivity index (χ0) is 26.4. The van der Waals surface area contributed by atoms with E-state index in [1.165, 1.54) is 55.6 Å². The predicted molar refractivity (Wildman–Crippen MR) is 152 cm³/mol. The molecule has 3 nitrogen and oxygen atoms in total. The molecule has 1 aromatic rings. The molecule has 37 heavy (non-hydrogen) atoms. The van der Waals surface area contributed by atoms with Crippen LogP contribution >= 0.6 is 0 Å². The van der Waals surface area contributed by atoms with Crippen molar-refractivity contribution < 1.29 is 9.90 Å². The molecule has 5 aliphatic rings. The molecule has 1 aliphatic heterocycles. The van der Waals surface area contributed by atoms with Gasteiger partial charge in [0, 0.05) is 30.6 Å². The summed E-state index contributed by atoms with van der Waals surface area (Å²) in [5.74, 6) is 5.98. The molecule has 0 amide bonds. The Kier molecular flexibility index (Phi) is 7.36. The fourth-order valence-electron chi connectivity index (χ4n) is 8.53. The summed E-state index contributed by atoms with van der Waals surface area (Å²) < 4.78 is 0. The standard InChI is InChI=1S/C28H37NO2.C6H10/c1-28-17-24(18-4-7-20(8-5-18)29-14-2-3-15-29)27-22-11-9-21(30)16-19(22)6-10-23(27)25(28)12-13-26(28)31;1-5-6(2,3)4/h4-5,7-8,16,22-27,31H,2-3,6,9-15,17H2,1H3;1H,2-4H3. The molecule has 0 bridgehead atoms. The van der Waals surface area contributed by atoms with Gasteiger partial charge >= 0.3 is 0 Å². The monoisotopic (exact) mass is 501 g/mol. The number of fused-ring (bicyclic) bond motifs is 5. The third kappa shape index (κ3) is 5.16. The van der Waals surface area contributed by atoms with Crippen molar-refractivity contribution in [1.82, 2.24) is 0 Å². The van der Waals surface area contributed by atoms with Crippen molar-refractivity contribution in [2.75, 3.05) is 18.0 Å². The normalized spacial score (nSPS) is 36.9. The summed E-state index contributed by atoms with van der Waals surface area (Å²) in [6.45, 7) is 10.8. The maximum Gasteiger partial charge on any atom is 0.155 e. The molecule has 6 rings (SSSR count). The number of nitrogens with zero attached hydrogens (tertiary/aromatic N) is 1. The summed E-state index contributed by atoms with van der Waals surface area (Å²) in [7, 11) is 0. The molecular formula is C34H47NO2. The highest BCUT2D eigenvalue weighted by atomic mass is 16.3. The van der Waals surface area contributed by atoms with Crippen molar-refractivity contribution >= 4 is 11.5 Å². The predicted octanol–water partition coefficient (Wildman–Crippen LogP) is 7.15. The van der Waals surface area contributed by atoms with E-state index >= 15 is 0 Å². The lowest BCUT2D eigenvalue weighted by atomic mass is 9.48. The lowest BCUT2D eigenvalue weighted by Gasteiger charge is -2.57. The molecule has 0 aromatic heterocycles. The van der Waals surface area contributed by atoms with Gasteiger partial charge in [0.2, 0.25) is 0 Å². The van der Waals surface area contributed by atoms with Gasteiger partial charge in [0.15, 0.2) is 5.78 Å². The van der Waals surface area contributed by atoms with Crippen molar-refractivity contribution in [3.63, 3.8) is 0 Å². The van der Waals surface area contributed by atoms with Gasteiger partial charge in [0.1, 0.15) is 0 Å². The smallest absolute Gasteiger partial charge is 0.155 e. The lowest BCUT2D eigenvalue weighted by molar-refractivity contribution is -0.116. The molecule has 0 spiro atoms. The molecule has 0 radical (unpaired) electrons. The van der Waals surface area contributed by atoms with Crippen LogP contribution < -0.4 is 4.90 Å². The van der Waals surface area contributed by atoms with Gasteiger partial charge in [0.05, 0.1) is 6.10 Å². The van der Waals surface area contributed by atoms with Crippen molar-refractivity contribution in [3.8, 4) is 12.3 Å². The van der Waals surface area contributed by atoms with Crippen molar-refractivity contribution in [3.05, 3.63) is 41.5 Å². The maximum absolute atomic E-state index is 12.2. The van der Waals surface area contributed by atoms with Gasteiger partial charge < -0.3 is 10.0 Å². The largest absolute Gasteiger partial charge is 0.393 e.